The average molecular weight is 406 g/mol. The van der Waals surface area contributed by atoms with Gasteiger partial charge in [-0.1, -0.05) is 6.07 Å². The van der Waals surface area contributed by atoms with Gasteiger partial charge < -0.3 is 25.4 Å². The van der Waals surface area contributed by atoms with Crippen molar-refractivity contribution in [3.05, 3.63) is 47.5 Å². The predicted octanol–water partition coefficient (Wildman–Crippen LogP) is 2.42. The van der Waals surface area contributed by atoms with Crippen LogP contribution in [0.5, 0.6) is 11.5 Å². The summed E-state index contributed by atoms with van der Waals surface area (Å²) in [6, 6.07) is 10.6. The molecule has 3 N–H and O–H groups in total. The summed E-state index contributed by atoms with van der Waals surface area (Å²) in [4.78, 5) is 26.2. The van der Waals surface area contributed by atoms with E-state index in [9.17, 15) is 9.59 Å². The van der Waals surface area contributed by atoms with Gasteiger partial charge in [-0.2, -0.15) is 0 Å². The Bertz CT molecular complexity index is 873. The molecule has 2 amide bonds. The van der Waals surface area contributed by atoms with Crippen molar-refractivity contribution < 1.29 is 19.1 Å². The van der Waals surface area contributed by atoms with Gasteiger partial charge in [0.1, 0.15) is 0 Å². The van der Waals surface area contributed by atoms with Crippen LogP contribution >= 0.6 is 12.4 Å². The first-order chi connectivity index (χ1) is 13.0. The van der Waals surface area contributed by atoms with E-state index in [1.165, 1.54) is 14.2 Å². The number of fused-ring (bicyclic) bond motifs is 1. The van der Waals surface area contributed by atoms with Gasteiger partial charge in [0.15, 0.2) is 18.1 Å². The number of rotatable bonds is 5. The predicted molar refractivity (Wildman–Crippen MR) is 111 cm³/mol. The number of methoxy groups -OCH3 is 1. The molecule has 2 aromatic carbocycles. The fraction of sp³-hybridized carbons (Fsp3) is 0.300. The SMILES string of the molecule is CNC(=O)COc1ccc(C(=O)N2CCCc3c(N)cccc32)cc1OC.Cl. The second-order valence-electron chi connectivity index (χ2n) is 6.23. The van der Waals surface area contributed by atoms with E-state index in [-0.39, 0.29) is 30.8 Å². The zero-order chi connectivity index (χ0) is 19.4. The summed E-state index contributed by atoms with van der Waals surface area (Å²) in [5, 5.41) is 2.48. The number of carbonyl (C=O) groups is 2. The van der Waals surface area contributed by atoms with Gasteiger partial charge >= 0.3 is 0 Å². The first-order valence-corrected chi connectivity index (χ1v) is 8.75. The molecule has 28 heavy (non-hydrogen) atoms. The fourth-order valence-corrected chi connectivity index (χ4v) is 3.15. The highest BCUT2D eigenvalue weighted by molar-refractivity contribution is 6.07. The number of carbonyl (C=O) groups excluding carboxylic acids is 2. The number of nitrogens with two attached hydrogens (primary N) is 1. The first-order valence-electron chi connectivity index (χ1n) is 8.75. The molecule has 0 aliphatic carbocycles. The topological polar surface area (TPSA) is 93.9 Å². The number of hydrogen-bond acceptors (Lipinski definition) is 5. The van der Waals surface area contributed by atoms with Gasteiger partial charge in [-0.25, -0.2) is 0 Å². The minimum Gasteiger partial charge on any atom is -0.493 e. The zero-order valence-corrected chi connectivity index (χ0v) is 16.7. The maximum absolute atomic E-state index is 13.1. The van der Waals surface area contributed by atoms with E-state index in [0.29, 0.717) is 29.3 Å². The lowest BCUT2D eigenvalue weighted by molar-refractivity contribution is -0.122. The third-order valence-corrected chi connectivity index (χ3v) is 4.58. The minimum atomic E-state index is -0.250. The Kier molecular flexibility index (Phi) is 7.12. The highest BCUT2D eigenvalue weighted by atomic mass is 35.5. The van der Waals surface area contributed by atoms with Crippen molar-refractivity contribution >= 4 is 35.6 Å². The number of anilines is 2. The molecule has 3 rings (SSSR count). The molecule has 0 aromatic heterocycles. The van der Waals surface area contributed by atoms with E-state index in [1.807, 2.05) is 18.2 Å². The van der Waals surface area contributed by atoms with Gasteiger partial charge in [0.05, 0.1) is 7.11 Å². The number of hydrogen-bond donors (Lipinski definition) is 2. The molecule has 2 aromatic rings. The lowest BCUT2D eigenvalue weighted by Crippen LogP contribution is -2.35. The molecule has 0 saturated heterocycles. The Hall–Kier alpha value is -2.93. The van der Waals surface area contributed by atoms with Crippen LogP contribution < -0.4 is 25.4 Å². The van der Waals surface area contributed by atoms with Gasteiger partial charge in [-0.05, 0) is 48.7 Å². The van der Waals surface area contributed by atoms with E-state index in [0.717, 1.165) is 24.1 Å². The van der Waals surface area contributed by atoms with Crippen molar-refractivity contribution in [2.24, 2.45) is 0 Å². The van der Waals surface area contributed by atoms with Crippen LogP contribution in [0, 0.1) is 0 Å². The molecule has 0 unspecified atom stereocenters. The average Bonchev–Trinajstić information content (AvgIpc) is 2.71. The Morgan fingerprint density at radius 2 is 2.00 bits per heavy atom. The summed E-state index contributed by atoms with van der Waals surface area (Å²) < 4.78 is 10.8. The van der Waals surface area contributed by atoms with Crippen molar-refractivity contribution in [2.75, 3.05) is 37.9 Å². The monoisotopic (exact) mass is 405 g/mol. The second-order valence-corrected chi connectivity index (χ2v) is 6.23. The number of nitrogen functional groups attached to an aromatic ring is 1. The summed E-state index contributed by atoms with van der Waals surface area (Å²) in [5.41, 5.74) is 9.12. The van der Waals surface area contributed by atoms with E-state index < -0.39 is 0 Å². The number of nitrogens with zero attached hydrogens (tertiary/aromatic N) is 1. The van der Waals surface area contributed by atoms with Crippen molar-refractivity contribution in [3.63, 3.8) is 0 Å². The van der Waals surface area contributed by atoms with E-state index in [1.54, 1.807) is 23.1 Å². The molecular formula is C20H24ClN3O4. The third kappa shape index (κ3) is 4.31. The number of benzene rings is 2. The molecule has 0 atom stereocenters. The largest absolute Gasteiger partial charge is 0.493 e. The van der Waals surface area contributed by atoms with Crippen LogP contribution in [0.2, 0.25) is 0 Å². The molecule has 1 aliphatic rings. The highest BCUT2D eigenvalue weighted by Gasteiger charge is 2.25. The van der Waals surface area contributed by atoms with Crippen LogP contribution in [0.4, 0.5) is 11.4 Å². The van der Waals surface area contributed by atoms with Crippen molar-refractivity contribution in [1.82, 2.24) is 5.32 Å². The number of amides is 2. The molecule has 0 spiro atoms. The van der Waals surface area contributed by atoms with Gasteiger partial charge in [-0.3, -0.25) is 9.59 Å². The van der Waals surface area contributed by atoms with Crippen molar-refractivity contribution in [3.8, 4) is 11.5 Å². The van der Waals surface area contributed by atoms with Crippen molar-refractivity contribution in [2.45, 2.75) is 12.8 Å². The maximum Gasteiger partial charge on any atom is 0.258 e. The Morgan fingerprint density at radius 3 is 2.71 bits per heavy atom. The summed E-state index contributed by atoms with van der Waals surface area (Å²) in [7, 11) is 3.03. The number of likely N-dealkylation sites (N-methyl/N-ethyl adjacent to an activating group) is 1. The van der Waals surface area contributed by atoms with E-state index >= 15 is 0 Å². The van der Waals surface area contributed by atoms with E-state index in [2.05, 4.69) is 5.32 Å². The molecule has 150 valence electrons. The molecule has 0 saturated carbocycles. The van der Waals surface area contributed by atoms with E-state index in [4.69, 9.17) is 15.2 Å². The molecule has 0 bridgehead atoms. The van der Waals surface area contributed by atoms with Crippen LogP contribution in [-0.2, 0) is 11.2 Å². The molecule has 1 heterocycles. The molecule has 0 radical (unpaired) electrons. The van der Waals surface area contributed by atoms with Crippen LogP contribution in [-0.4, -0.2) is 39.1 Å². The lowest BCUT2D eigenvalue weighted by Gasteiger charge is -2.30. The first kappa shape index (κ1) is 21.4. The molecule has 1 aliphatic heterocycles. The maximum atomic E-state index is 13.1. The lowest BCUT2D eigenvalue weighted by atomic mass is 9.99. The number of nitrogens with one attached hydrogen (secondary N) is 1. The molecule has 7 nitrogen and oxygen atoms in total. The number of halogens is 1. The summed E-state index contributed by atoms with van der Waals surface area (Å²) in [6.07, 6.45) is 1.72. The standard InChI is InChI=1S/C20H23N3O4.ClH/c1-22-19(24)12-27-17-9-8-13(11-18(17)26-2)20(25)23-10-4-5-14-15(21)6-3-7-16(14)23;/h3,6-9,11H,4-5,10,12,21H2,1-2H3,(H,22,24);1H. The normalized spacial score (nSPS) is 12.4. The molecule has 0 fully saturated rings. The van der Waals surface area contributed by atoms with Crippen LogP contribution in [0.25, 0.3) is 0 Å². The third-order valence-electron chi connectivity index (χ3n) is 4.58. The minimum absolute atomic E-state index is 0. The second kappa shape index (κ2) is 9.32. The number of ether oxygens (including phenoxy) is 2. The smallest absolute Gasteiger partial charge is 0.258 e. The van der Waals surface area contributed by atoms with Gasteiger partial charge in [0, 0.05) is 30.5 Å². The summed E-state index contributed by atoms with van der Waals surface area (Å²) in [6.45, 7) is 0.505. The molecule has 8 heteroatoms. The summed E-state index contributed by atoms with van der Waals surface area (Å²) in [5.74, 6) is 0.424. The van der Waals surface area contributed by atoms with Crippen LogP contribution in [0.1, 0.15) is 22.3 Å². The molecular weight excluding hydrogens is 382 g/mol. The van der Waals surface area contributed by atoms with Crippen LogP contribution in [0.3, 0.4) is 0 Å². The van der Waals surface area contributed by atoms with Gasteiger partial charge in [-0.15, -0.1) is 12.4 Å². The highest BCUT2D eigenvalue weighted by Crippen LogP contribution is 2.34. The quantitative estimate of drug-likeness (QED) is 0.745. The zero-order valence-electron chi connectivity index (χ0n) is 15.9. The van der Waals surface area contributed by atoms with Gasteiger partial charge in [0.25, 0.3) is 11.8 Å². The van der Waals surface area contributed by atoms with Crippen molar-refractivity contribution in [1.29, 1.82) is 0 Å². The Balaban J connectivity index is 0.00000280. The Morgan fingerprint density at radius 1 is 1.21 bits per heavy atom. The fourth-order valence-electron chi connectivity index (χ4n) is 3.15. The Labute approximate surface area is 170 Å². The van der Waals surface area contributed by atoms with Gasteiger partial charge in [0.2, 0.25) is 0 Å². The summed E-state index contributed by atoms with van der Waals surface area (Å²) >= 11 is 0. The van der Waals surface area contributed by atoms with Crippen LogP contribution in [0.15, 0.2) is 36.4 Å².